The van der Waals surface area contributed by atoms with E-state index in [1.54, 1.807) is 7.05 Å². The summed E-state index contributed by atoms with van der Waals surface area (Å²) in [5.74, 6) is 0.727. The SMILES string of the molecule is CN/C(N)=C(\C)[CH]=[V]. The molecule has 0 aromatic heterocycles. The van der Waals surface area contributed by atoms with E-state index in [1.807, 2.05) is 11.7 Å². The molecule has 0 amide bonds. The van der Waals surface area contributed by atoms with Crippen molar-refractivity contribution in [3.63, 3.8) is 0 Å². The molecule has 0 aromatic rings. The van der Waals surface area contributed by atoms with Crippen molar-refractivity contribution in [2.24, 2.45) is 5.73 Å². The zero-order chi connectivity index (χ0) is 6.57. The van der Waals surface area contributed by atoms with Gasteiger partial charge in [-0.05, 0) is 0 Å². The van der Waals surface area contributed by atoms with Crippen LogP contribution in [-0.2, 0) is 17.0 Å². The van der Waals surface area contributed by atoms with Gasteiger partial charge in [0.1, 0.15) is 0 Å². The first-order valence-electron chi connectivity index (χ1n) is 2.34. The topological polar surface area (TPSA) is 38.0 Å². The fourth-order valence-electron chi connectivity index (χ4n) is 0.267. The van der Waals surface area contributed by atoms with Gasteiger partial charge in [-0.1, -0.05) is 0 Å². The van der Waals surface area contributed by atoms with Crippen LogP contribution in [0.4, 0.5) is 0 Å². The van der Waals surface area contributed by atoms with Crippen molar-refractivity contribution < 1.29 is 17.0 Å². The van der Waals surface area contributed by atoms with Gasteiger partial charge in [0.15, 0.2) is 0 Å². The van der Waals surface area contributed by atoms with Crippen molar-refractivity contribution >= 4 is 4.73 Å². The minimum absolute atomic E-state index is 0.727. The van der Waals surface area contributed by atoms with Gasteiger partial charge in [0, 0.05) is 0 Å². The van der Waals surface area contributed by atoms with E-state index < -0.39 is 0 Å². The van der Waals surface area contributed by atoms with Gasteiger partial charge in [-0.25, -0.2) is 0 Å². The van der Waals surface area contributed by atoms with Crippen LogP contribution in [0.25, 0.3) is 0 Å². The van der Waals surface area contributed by atoms with E-state index in [1.165, 1.54) is 0 Å². The van der Waals surface area contributed by atoms with Crippen molar-refractivity contribution in [2.75, 3.05) is 7.05 Å². The second-order valence-corrected chi connectivity index (χ2v) is 1.88. The molecule has 45 valence electrons. The van der Waals surface area contributed by atoms with Crippen LogP contribution in [-0.4, -0.2) is 11.8 Å². The molecule has 0 saturated heterocycles. The van der Waals surface area contributed by atoms with Gasteiger partial charge in [-0.3, -0.25) is 0 Å². The van der Waals surface area contributed by atoms with Gasteiger partial charge in [0.2, 0.25) is 0 Å². The van der Waals surface area contributed by atoms with Gasteiger partial charge in [-0.15, -0.1) is 0 Å². The summed E-state index contributed by atoms with van der Waals surface area (Å²) >= 11 is 2.36. The Morgan fingerprint density at radius 2 is 2.25 bits per heavy atom. The molecule has 0 bridgehead atoms. The van der Waals surface area contributed by atoms with Crippen LogP contribution < -0.4 is 11.1 Å². The van der Waals surface area contributed by atoms with Gasteiger partial charge in [-0.2, -0.15) is 0 Å². The zero-order valence-electron chi connectivity index (χ0n) is 5.10. The van der Waals surface area contributed by atoms with E-state index in [0.29, 0.717) is 0 Å². The van der Waals surface area contributed by atoms with Crippen LogP contribution in [0.2, 0.25) is 0 Å². The Morgan fingerprint density at radius 3 is 2.38 bits per heavy atom. The van der Waals surface area contributed by atoms with E-state index in [4.69, 9.17) is 5.73 Å². The number of allylic oxidation sites excluding steroid dienone is 1. The predicted octanol–water partition coefficient (Wildman–Crippen LogP) is -0.255. The number of hydrogen-bond donors (Lipinski definition) is 2. The summed E-state index contributed by atoms with van der Waals surface area (Å²) in [7, 11) is 1.80. The van der Waals surface area contributed by atoms with Crippen molar-refractivity contribution in [2.45, 2.75) is 6.92 Å². The minimum atomic E-state index is 0.727. The second kappa shape index (κ2) is 3.75. The van der Waals surface area contributed by atoms with Crippen molar-refractivity contribution in [3.8, 4) is 0 Å². The third kappa shape index (κ3) is 2.19. The van der Waals surface area contributed by atoms with Crippen molar-refractivity contribution in [1.82, 2.24) is 5.32 Å². The van der Waals surface area contributed by atoms with E-state index in [2.05, 4.69) is 22.3 Å². The molecule has 0 fully saturated rings. The summed E-state index contributed by atoms with van der Waals surface area (Å²) in [5.41, 5.74) is 6.52. The molecule has 0 rings (SSSR count). The monoisotopic (exact) mass is 149 g/mol. The molecule has 2 nitrogen and oxygen atoms in total. The molecule has 3 heteroatoms. The molecule has 0 aromatic carbocycles. The molecule has 0 unspecified atom stereocenters. The number of hydrogen-bond acceptors (Lipinski definition) is 2. The molecule has 3 N–H and O–H groups in total. The molecule has 0 aliphatic carbocycles. The van der Waals surface area contributed by atoms with Crippen molar-refractivity contribution in [1.29, 1.82) is 0 Å². The molecule has 0 aliphatic heterocycles. The second-order valence-electron chi connectivity index (χ2n) is 1.48. The van der Waals surface area contributed by atoms with Crippen LogP contribution in [0.3, 0.4) is 0 Å². The molecule has 0 aliphatic rings. The maximum absolute atomic E-state index is 5.45. The number of rotatable bonds is 2. The third-order valence-electron chi connectivity index (χ3n) is 0.888. The standard InChI is InChI=1S/C5H10N2.V/c1-4(2)5(6)7-3;/h1,7H,6H2,2-3H3;/b5-4-;. The Kier molecular flexibility index (Phi) is 3.66. The first-order chi connectivity index (χ1) is 3.72. The summed E-state index contributed by atoms with van der Waals surface area (Å²) in [4.78, 5) is 0. The Bertz CT molecular complexity index is 118. The molecular formula is C5H10N2V. The quantitative estimate of drug-likeness (QED) is 0.568. The zero-order valence-corrected chi connectivity index (χ0v) is 6.50. The maximum atomic E-state index is 5.45. The first kappa shape index (κ1) is 7.79. The number of nitrogens with one attached hydrogen (secondary N) is 1. The fourth-order valence-corrected chi connectivity index (χ4v) is 0.484. The molecule has 0 saturated carbocycles. The third-order valence-corrected chi connectivity index (χ3v) is 1.49. The Morgan fingerprint density at radius 1 is 1.75 bits per heavy atom. The van der Waals surface area contributed by atoms with Crippen LogP contribution in [0.5, 0.6) is 0 Å². The predicted molar refractivity (Wildman–Crippen MR) is 32.0 cm³/mol. The van der Waals surface area contributed by atoms with Gasteiger partial charge in [0.25, 0.3) is 0 Å². The van der Waals surface area contributed by atoms with Gasteiger partial charge in [0.05, 0.1) is 0 Å². The van der Waals surface area contributed by atoms with Crippen LogP contribution in [0, 0.1) is 0 Å². The molecule has 0 radical (unpaired) electrons. The Balaban J connectivity index is 4.03. The summed E-state index contributed by atoms with van der Waals surface area (Å²) in [6.45, 7) is 1.95. The Labute approximate surface area is 58.6 Å². The first-order valence-corrected chi connectivity index (χ1v) is 3.14. The fraction of sp³-hybridized carbons (Fsp3) is 0.400. The molecular weight excluding hydrogens is 139 g/mol. The normalized spacial score (nSPS) is 12.1. The van der Waals surface area contributed by atoms with Gasteiger partial charge < -0.3 is 0 Å². The molecule has 0 atom stereocenters. The van der Waals surface area contributed by atoms with E-state index in [0.717, 1.165) is 11.4 Å². The molecule has 0 spiro atoms. The Hall–Kier alpha value is -0.206. The van der Waals surface area contributed by atoms with Crippen LogP contribution in [0.1, 0.15) is 6.92 Å². The molecule has 8 heavy (non-hydrogen) atoms. The van der Waals surface area contributed by atoms with Crippen LogP contribution >= 0.6 is 0 Å². The van der Waals surface area contributed by atoms with Crippen LogP contribution in [0.15, 0.2) is 11.4 Å². The number of nitrogens with two attached hydrogens (primary N) is 1. The van der Waals surface area contributed by atoms with E-state index in [9.17, 15) is 0 Å². The van der Waals surface area contributed by atoms with E-state index >= 15 is 0 Å². The summed E-state index contributed by atoms with van der Waals surface area (Å²) in [6, 6.07) is 0. The van der Waals surface area contributed by atoms with Crippen molar-refractivity contribution in [3.05, 3.63) is 11.4 Å². The van der Waals surface area contributed by atoms with E-state index in [-0.39, 0.29) is 0 Å². The summed E-state index contributed by atoms with van der Waals surface area (Å²) < 4.78 is 1.90. The summed E-state index contributed by atoms with van der Waals surface area (Å²) in [5, 5.41) is 2.83. The van der Waals surface area contributed by atoms with Gasteiger partial charge >= 0.3 is 58.1 Å². The average Bonchev–Trinajstić information content (AvgIpc) is 1.84. The average molecular weight is 149 g/mol. The molecule has 0 heterocycles. The summed E-state index contributed by atoms with van der Waals surface area (Å²) in [6.07, 6.45) is 0.